The molecule has 0 heterocycles. The summed E-state index contributed by atoms with van der Waals surface area (Å²) >= 11 is 6.38. The maximum Gasteiger partial charge on any atom is 2.00 e. The zero-order valence-corrected chi connectivity index (χ0v) is 11.1. The van der Waals surface area contributed by atoms with Crippen molar-refractivity contribution in [3.8, 4) is 0 Å². The number of carbonyl (C=O) groups is 1. The summed E-state index contributed by atoms with van der Waals surface area (Å²) in [7, 11) is 0. The maximum absolute atomic E-state index is 9.17. The van der Waals surface area contributed by atoms with Gasteiger partial charge in [0.1, 0.15) is 0 Å². The summed E-state index contributed by atoms with van der Waals surface area (Å²) < 4.78 is -0.444. The van der Waals surface area contributed by atoms with Gasteiger partial charge in [-0.25, -0.2) is 0 Å². The second-order valence-corrected chi connectivity index (χ2v) is 3.15. The van der Waals surface area contributed by atoms with Gasteiger partial charge in [-0.1, -0.05) is 51.9 Å². The Morgan fingerprint density at radius 1 is 1.08 bits per heavy atom. The Balaban J connectivity index is -0.0000000450. The third-order valence-corrected chi connectivity index (χ3v) is 0.707. The minimum atomic E-state index is -0.444. The first-order valence-electron chi connectivity index (χ1n) is 4.07. The summed E-state index contributed by atoms with van der Waals surface area (Å²) in [5, 5.41) is 0. The number of rotatable bonds is 2. The van der Waals surface area contributed by atoms with Crippen LogP contribution in [0.1, 0.15) is 39.5 Å². The Morgan fingerprint density at radius 3 is 1.15 bits per heavy atom. The van der Waals surface area contributed by atoms with Crippen molar-refractivity contribution in [3.05, 3.63) is 13.8 Å². The molecule has 0 aliphatic carbocycles. The first kappa shape index (κ1) is 23.6. The minimum Gasteiger partial charge on any atom is -0.343 e. The molecular formula is C9H20CuOS2. The molecule has 0 bridgehead atoms. The van der Waals surface area contributed by atoms with E-state index in [1.807, 2.05) is 0 Å². The van der Waals surface area contributed by atoms with Crippen LogP contribution in [-0.4, -0.2) is 4.45 Å². The summed E-state index contributed by atoms with van der Waals surface area (Å²) in [5.41, 5.74) is 0. The number of carbonyl (C=O) groups excluding carboxylic acids is 1. The van der Waals surface area contributed by atoms with Gasteiger partial charge in [-0.15, -0.1) is 0 Å². The fraction of sp³-hybridized carbons (Fsp3) is 0.667. The molecule has 0 aliphatic heterocycles. The van der Waals surface area contributed by atoms with Crippen molar-refractivity contribution in [2.45, 2.75) is 39.5 Å². The molecule has 4 heteroatoms. The van der Waals surface area contributed by atoms with Crippen LogP contribution in [-0.2, 0) is 17.1 Å². The summed E-state index contributed by atoms with van der Waals surface area (Å²) in [5.74, 6) is 0. The molecule has 1 radical (unpaired) electrons. The zero-order chi connectivity index (χ0) is 10.4. The van der Waals surface area contributed by atoms with Gasteiger partial charge in [-0.2, -0.15) is 12.8 Å². The van der Waals surface area contributed by atoms with Gasteiger partial charge in [0.2, 0.25) is 4.45 Å². The van der Waals surface area contributed by atoms with Crippen LogP contribution in [0.15, 0.2) is 0 Å². The average Bonchev–Trinajstić information content (AvgIpc) is 2.03. The Kier molecular flexibility index (Phi) is 53.1. The Bertz CT molecular complexity index is 68.0. The van der Waals surface area contributed by atoms with E-state index < -0.39 is 4.45 Å². The van der Waals surface area contributed by atoms with Crippen LogP contribution >= 0.6 is 25.3 Å². The third kappa shape index (κ3) is 183. The summed E-state index contributed by atoms with van der Waals surface area (Å²) in [6, 6.07) is 0. The molecule has 0 aromatic rings. The number of hydrogen-bond acceptors (Lipinski definition) is 1. The van der Waals surface area contributed by atoms with Crippen molar-refractivity contribution >= 4 is 29.7 Å². The van der Waals surface area contributed by atoms with Crippen molar-refractivity contribution in [3.63, 3.8) is 0 Å². The van der Waals surface area contributed by atoms with E-state index in [1.165, 1.54) is 12.8 Å². The molecule has 0 saturated carbocycles. The van der Waals surface area contributed by atoms with E-state index in [-0.39, 0.29) is 17.1 Å². The number of thiol groups is 2. The fourth-order valence-electron chi connectivity index (χ4n) is 0. The van der Waals surface area contributed by atoms with Crippen LogP contribution in [0.25, 0.3) is 0 Å². The molecule has 0 saturated heterocycles. The predicted octanol–water partition coefficient (Wildman–Crippen LogP) is 4.20. The van der Waals surface area contributed by atoms with Crippen molar-refractivity contribution < 1.29 is 21.9 Å². The van der Waals surface area contributed by atoms with Gasteiger partial charge < -0.3 is 13.8 Å². The monoisotopic (exact) mass is 271 g/mol. The van der Waals surface area contributed by atoms with Crippen LogP contribution in [0.3, 0.4) is 0 Å². The van der Waals surface area contributed by atoms with E-state index in [9.17, 15) is 4.79 Å². The van der Waals surface area contributed by atoms with Crippen molar-refractivity contribution in [1.82, 2.24) is 0 Å². The molecule has 0 aliphatic rings. The van der Waals surface area contributed by atoms with E-state index in [0.29, 0.717) is 0 Å². The number of unbranched alkanes of at least 4 members (excludes halogenated alkanes) is 2. The maximum atomic E-state index is 9.17. The molecule has 0 fully saturated rings. The molecular weight excluding hydrogens is 252 g/mol. The molecule has 0 aromatic carbocycles. The molecule has 1 nitrogen and oxygen atoms in total. The van der Waals surface area contributed by atoms with Gasteiger partial charge in [0, 0.05) is 0 Å². The zero-order valence-electron chi connectivity index (χ0n) is 8.35. The second-order valence-electron chi connectivity index (χ2n) is 1.99. The quantitative estimate of drug-likeness (QED) is 0.437. The van der Waals surface area contributed by atoms with Gasteiger partial charge in [0.25, 0.3) is 0 Å². The first-order valence-corrected chi connectivity index (χ1v) is 4.96. The Hall–Kier alpha value is 0.889. The molecule has 0 unspecified atom stereocenters. The van der Waals surface area contributed by atoms with Crippen molar-refractivity contribution in [2.75, 3.05) is 0 Å². The smallest absolute Gasteiger partial charge is 0.343 e. The topological polar surface area (TPSA) is 17.1 Å². The van der Waals surface area contributed by atoms with Crippen LogP contribution in [0.4, 0.5) is 4.79 Å². The normalized spacial score (nSPS) is 6.62. The van der Waals surface area contributed by atoms with E-state index in [0.717, 1.165) is 12.8 Å². The van der Waals surface area contributed by atoms with E-state index in [4.69, 9.17) is 0 Å². The van der Waals surface area contributed by atoms with Crippen LogP contribution in [0.5, 0.6) is 0 Å². The van der Waals surface area contributed by atoms with Gasteiger partial charge >= 0.3 is 17.1 Å². The molecule has 0 atom stereocenters. The molecule has 0 N–H and O–H groups in total. The van der Waals surface area contributed by atoms with E-state index >= 15 is 0 Å². The van der Waals surface area contributed by atoms with E-state index in [1.54, 1.807) is 0 Å². The molecule has 0 aromatic heterocycles. The number of hydrogen-bond donors (Lipinski definition) is 2. The molecule has 13 heavy (non-hydrogen) atoms. The summed E-state index contributed by atoms with van der Waals surface area (Å²) in [4.78, 5) is 9.17. The Morgan fingerprint density at radius 2 is 1.15 bits per heavy atom. The second kappa shape index (κ2) is 29.3. The van der Waals surface area contributed by atoms with Gasteiger partial charge in [-0.3, -0.25) is 4.79 Å². The van der Waals surface area contributed by atoms with Crippen molar-refractivity contribution in [1.29, 1.82) is 0 Å². The van der Waals surface area contributed by atoms with Gasteiger partial charge in [-0.05, 0) is 0 Å². The Labute approximate surface area is 105 Å². The molecule has 0 amide bonds. The summed E-state index contributed by atoms with van der Waals surface area (Å²) in [6.45, 7) is 11.4. The predicted molar refractivity (Wildman–Crippen MR) is 63.9 cm³/mol. The minimum absolute atomic E-state index is 0. The SMILES string of the molecule is O=C(S)S.[CH2-]CCC.[CH2-]CCC.[Cu+2]. The van der Waals surface area contributed by atoms with E-state index in [2.05, 4.69) is 53.0 Å². The van der Waals surface area contributed by atoms with Crippen LogP contribution in [0.2, 0.25) is 0 Å². The van der Waals surface area contributed by atoms with Crippen LogP contribution < -0.4 is 0 Å². The average molecular weight is 272 g/mol. The third-order valence-electron chi connectivity index (χ3n) is 0.707. The molecule has 85 valence electrons. The van der Waals surface area contributed by atoms with Crippen LogP contribution in [0, 0.1) is 13.8 Å². The van der Waals surface area contributed by atoms with Crippen molar-refractivity contribution in [2.24, 2.45) is 0 Å². The summed E-state index contributed by atoms with van der Waals surface area (Å²) in [6.07, 6.45) is 4.56. The largest absolute Gasteiger partial charge is 2.00 e. The molecule has 0 rings (SSSR count). The first-order chi connectivity index (χ1) is 5.56. The molecule has 0 spiro atoms. The van der Waals surface area contributed by atoms with Gasteiger partial charge in [0.05, 0.1) is 0 Å². The standard InChI is InChI=1S/2C4H9.CH2OS2.Cu/c2*1-3-4-2;2-1(3)4;/h2*1,3-4H2,2H3;(H2,2,3,4);/q2*-1;;+2. The van der Waals surface area contributed by atoms with Gasteiger partial charge in [0.15, 0.2) is 0 Å². The fourth-order valence-corrected chi connectivity index (χ4v) is 0.